The highest BCUT2D eigenvalue weighted by atomic mass is 16.5. The van der Waals surface area contributed by atoms with Gasteiger partial charge in [0.25, 0.3) is 5.91 Å². The molecule has 2 rings (SSSR count). The number of ether oxygens (including phenoxy) is 1. The second-order valence-corrected chi connectivity index (χ2v) is 5.39. The molecule has 4 heteroatoms. The summed E-state index contributed by atoms with van der Waals surface area (Å²) < 4.78 is 5.29. The number of benzene rings is 1. The van der Waals surface area contributed by atoms with Gasteiger partial charge in [0.05, 0.1) is 0 Å². The molecule has 4 nitrogen and oxygen atoms in total. The standard InChI is InChI=1S/C17H26N2O2/c1-3-11-18-15-9-7-12-19(17(20)13-21-4-2)16-10-6-5-8-14(15)16/h5-6,8,10,15,18H,3-4,7,9,11-13H2,1-2H3. The van der Waals surface area contributed by atoms with E-state index in [1.54, 1.807) is 0 Å². The molecule has 0 aliphatic carbocycles. The van der Waals surface area contributed by atoms with Crippen molar-refractivity contribution in [1.29, 1.82) is 0 Å². The summed E-state index contributed by atoms with van der Waals surface area (Å²) in [6, 6.07) is 8.57. The van der Waals surface area contributed by atoms with Gasteiger partial charge in [-0.2, -0.15) is 0 Å². The average molecular weight is 290 g/mol. The molecule has 1 aromatic rings. The van der Waals surface area contributed by atoms with Crippen molar-refractivity contribution in [3.8, 4) is 0 Å². The van der Waals surface area contributed by atoms with Crippen LogP contribution in [0.3, 0.4) is 0 Å². The largest absolute Gasteiger partial charge is 0.372 e. The second kappa shape index (κ2) is 8.15. The van der Waals surface area contributed by atoms with Gasteiger partial charge >= 0.3 is 0 Å². The van der Waals surface area contributed by atoms with Gasteiger partial charge in [0.2, 0.25) is 0 Å². The molecule has 1 N–H and O–H groups in total. The first-order chi connectivity index (χ1) is 10.3. The van der Waals surface area contributed by atoms with Crippen LogP contribution in [0, 0.1) is 0 Å². The minimum atomic E-state index is 0.0560. The minimum absolute atomic E-state index is 0.0560. The Balaban J connectivity index is 2.22. The van der Waals surface area contributed by atoms with Gasteiger partial charge in [-0.3, -0.25) is 4.79 Å². The number of hydrogen-bond acceptors (Lipinski definition) is 3. The topological polar surface area (TPSA) is 41.6 Å². The highest BCUT2D eigenvalue weighted by molar-refractivity contribution is 5.95. The lowest BCUT2D eigenvalue weighted by Gasteiger charge is -2.24. The molecule has 0 saturated heterocycles. The second-order valence-electron chi connectivity index (χ2n) is 5.39. The van der Waals surface area contributed by atoms with Gasteiger partial charge in [0, 0.05) is 24.9 Å². The zero-order valence-electron chi connectivity index (χ0n) is 13.1. The van der Waals surface area contributed by atoms with Gasteiger partial charge in [0.15, 0.2) is 0 Å². The quantitative estimate of drug-likeness (QED) is 0.876. The molecular weight excluding hydrogens is 264 g/mol. The zero-order chi connectivity index (χ0) is 15.1. The molecule has 1 aliphatic heterocycles. The first-order valence-corrected chi connectivity index (χ1v) is 7.98. The number of anilines is 1. The average Bonchev–Trinajstić information content (AvgIpc) is 2.70. The van der Waals surface area contributed by atoms with E-state index in [4.69, 9.17) is 4.74 Å². The molecule has 0 aromatic heterocycles. The van der Waals surface area contributed by atoms with Crippen LogP contribution in [0.15, 0.2) is 24.3 Å². The molecule has 1 aliphatic rings. The number of nitrogens with one attached hydrogen (secondary N) is 1. The molecule has 0 bridgehead atoms. The Labute approximate surface area is 127 Å². The summed E-state index contributed by atoms with van der Waals surface area (Å²) in [4.78, 5) is 14.3. The van der Waals surface area contributed by atoms with E-state index in [9.17, 15) is 4.79 Å². The van der Waals surface area contributed by atoms with E-state index in [2.05, 4.69) is 24.4 Å². The molecule has 1 unspecified atom stereocenters. The number of amides is 1. The van der Waals surface area contributed by atoms with Gasteiger partial charge in [-0.15, -0.1) is 0 Å². The summed E-state index contributed by atoms with van der Waals surface area (Å²) in [6.45, 7) is 6.60. The van der Waals surface area contributed by atoms with E-state index in [1.807, 2.05) is 24.0 Å². The Bertz CT molecular complexity index is 462. The normalized spacial score (nSPS) is 18.2. The van der Waals surface area contributed by atoms with Crippen molar-refractivity contribution in [2.75, 3.05) is 31.2 Å². The van der Waals surface area contributed by atoms with Gasteiger partial charge in [-0.05, 0) is 44.4 Å². The van der Waals surface area contributed by atoms with Crippen molar-refractivity contribution in [1.82, 2.24) is 5.32 Å². The molecule has 116 valence electrons. The van der Waals surface area contributed by atoms with Crippen molar-refractivity contribution in [2.45, 2.75) is 39.2 Å². The summed E-state index contributed by atoms with van der Waals surface area (Å²) in [5.74, 6) is 0.0560. The molecule has 1 heterocycles. The molecule has 0 fully saturated rings. The van der Waals surface area contributed by atoms with Crippen LogP contribution in [0.2, 0.25) is 0 Å². The van der Waals surface area contributed by atoms with Crippen LogP contribution in [0.25, 0.3) is 0 Å². The van der Waals surface area contributed by atoms with Crippen molar-refractivity contribution >= 4 is 11.6 Å². The monoisotopic (exact) mass is 290 g/mol. The van der Waals surface area contributed by atoms with Crippen molar-refractivity contribution in [3.63, 3.8) is 0 Å². The number of fused-ring (bicyclic) bond motifs is 1. The first kappa shape index (κ1) is 16.0. The Morgan fingerprint density at radius 3 is 2.95 bits per heavy atom. The Kier molecular flexibility index (Phi) is 6.21. The van der Waals surface area contributed by atoms with Crippen molar-refractivity contribution in [3.05, 3.63) is 29.8 Å². The number of carbonyl (C=O) groups is 1. The molecule has 21 heavy (non-hydrogen) atoms. The lowest BCUT2D eigenvalue weighted by molar-refractivity contribution is -0.122. The predicted molar refractivity (Wildman–Crippen MR) is 85.6 cm³/mol. The molecule has 1 amide bonds. The van der Waals surface area contributed by atoms with E-state index < -0.39 is 0 Å². The van der Waals surface area contributed by atoms with E-state index in [0.717, 1.165) is 38.0 Å². The Hall–Kier alpha value is -1.39. The van der Waals surface area contributed by atoms with Crippen molar-refractivity contribution < 1.29 is 9.53 Å². The fourth-order valence-electron chi connectivity index (χ4n) is 2.81. The number of carbonyl (C=O) groups excluding carboxylic acids is 1. The first-order valence-electron chi connectivity index (χ1n) is 7.98. The molecular formula is C17H26N2O2. The maximum Gasteiger partial charge on any atom is 0.252 e. The van der Waals surface area contributed by atoms with Crippen LogP contribution in [0.1, 0.15) is 44.7 Å². The van der Waals surface area contributed by atoms with Gasteiger partial charge < -0.3 is 15.0 Å². The minimum Gasteiger partial charge on any atom is -0.372 e. The number of para-hydroxylation sites is 1. The Morgan fingerprint density at radius 1 is 1.38 bits per heavy atom. The third-order valence-corrected chi connectivity index (χ3v) is 3.85. The van der Waals surface area contributed by atoms with E-state index in [1.165, 1.54) is 5.56 Å². The molecule has 1 atom stereocenters. The van der Waals surface area contributed by atoms with Crippen LogP contribution in [-0.2, 0) is 9.53 Å². The summed E-state index contributed by atoms with van der Waals surface area (Å²) in [5, 5.41) is 3.60. The van der Waals surface area contributed by atoms with Gasteiger partial charge in [0.1, 0.15) is 6.61 Å². The van der Waals surface area contributed by atoms with Crippen LogP contribution in [-0.4, -0.2) is 32.2 Å². The molecule has 1 aromatic carbocycles. The van der Waals surface area contributed by atoms with E-state index >= 15 is 0 Å². The third-order valence-electron chi connectivity index (χ3n) is 3.85. The Morgan fingerprint density at radius 2 is 2.19 bits per heavy atom. The van der Waals surface area contributed by atoms with Crippen LogP contribution < -0.4 is 10.2 Å². The van der Waals surface area contributed by atoms with Crippen LogP contribution in [0.5, 0.6) is 0 Å². The molecule has 0 radical (unpaired) electrons. The molecule has 0 spiro atoms. The van der Waals surface area contributed by atoms with Gasteiger partial charge in [-0.1, -0.05) is 25.1 Å². The summed E-state index contributed by atoms with van der Waals surface area (Å²) in [7, 11) is 0. The zero-order valence-corrected chi connectivity index (χ0v) is 13.1. The maximum atomic E-state index is 12.4. The molecule has 0 saturated carbocycles. The fraction of sp³-hybridized carbons (Fsp3) is 0.588. The van der Waals surface area contributed by atoms with Crippen molar-refractivity contribution in [2.24, 2.45) is 0 Å². The lowest BCUT2D eigenvalue weighted by atomic mass is 10.0. The third kappa shape index (κ3) is 4.05. The number of nitrogens with zero attached hydrogens (tertiary/aromatic N) is 1. The number of hydrogen-bond donors (Lipinski definition) is 1. The summed E-state index contributed by atoms with van der Waals surface area (Å²) in [6.07, 6.45) is 3.19. The SMILES string of the molecule is CCCNC1CCCN(C(=O)COCC)c2ccccc21. The number of rotatable bonds is 6. The van der Waals surface area contributed by atoms with E-state index in [-0.39, 0.29) is 12.5 Å². The van der Waals surface area contributed by atoms with Crippen LogP contribution >= 0.6 is 0 Å². The highest BCUT2D eigenvalue weighted by Gasteiger charge is 2.25. The van der Waals surface area contributed by atoms with Gasteiger partial charge in [-0.25, -0.2) is 0 Å². The highest BCUT2D eigenvalue weighted by Crippen LogP contribution is 2.32. The fourth-order valence-corrected chi connectivity index (χ4v) is 2.81. The lowest BCUT2D eigenvalue weighted by Crippen LogP contribution is -2.34. The summed E-state index contributed by atoms with van der Waals surface area (Å²) in [5.41, 5.74) is 2.27. The van der Waals surface area contributed by atoms with E-state index in [0.29, 0.717) is 12.6 Å². The summed E-state index contributed by atoms with van der Waals surface area (Å²) >= 11 is 0. The maximum absolute atomic E-state index is 12.4. The van der Waals surface area contributed by atoms with Crippen LogP contribution in [0.4, 0.5) is 5.69 Å². The predicted octanol–water partition coefficient (Wildman–Crippen LogP) is 2.89. The smallest absolute Gasteiger partial charge is 0.252 e.